The monoisotopic (exact) mass is 394 g/mol. The highest BCUT2D eigenvalue weighted by Gasteiger charge is 2.43. The minimum absolute atomic E-state index is 0.00355. The number of nitrogens with two attached hydrogens (primary N) is 1. The van der Waals surface area contributed by atoms with E-state index in [9.17, 15) is 8.42 Å². The van der Waals surface area contributed by atoms with Gasteiger partial charge in [-0.3, -0.25) is 0 Å². The van der Waals surface area contributed by atoms with Gasteiger partial charge >= 0.3 is 0 Å². The summed E-state index contributed by atoms with van der Waals surface area (Å²) in [5.41, 5.74) is 6.13. The third kappa shape index (κ3) is 2.70. The highest BCUT2D eigenvalue weighted by Crippen LogP contribution is 2.37. The molecule has 5 nitrogen and oxygen atoms in total. The van der Waals surface area contributed by atoms with Gasteiger partial charge in [0.15, 0.2) is 0 Å². The molecule has 0 amide bonds. The van der Waals surface area contributed by atoms with Crippen LogP contribution in [0.4, 0.5) is 5.69 Å². The number of nitrogen functional groups attached to an aromatic ring is 1. The quantitative estimate of drug-likeness (QED) is 0.781. The van der Waals surface area contributed by atoms with Crippen molar-refractivity contribution < 1.29 is 13.2 Å². The van der Waals surface area contributed by atoms with E-state index in [2.05, 4.69) is 15.9 Å². The number of morpholine rings is 1. The smallest absolute Gasteiger partial charge is 0.244 e. The summed E-state index contributed by atoms with van der Waals surface area (Å²) in [6, 6.07) is 2.88. The lowest BCUT2D eigenvalue weighted by Crippen LogP contribution is -2.51. The molecule has 2 N–H and O–H groups in total. The number of anilines is 1. The largest absolute Gasteiger partial charge is 0.398 e. The van der Waals surface area contributed by atoms with Gasteiger partial charge in [-0.25, -0.2) is 8.42 Å². The molecule has 2 aliphatic rings. The maximum absolute atomic E-state index is 13.0. The average molecular weight is 396 g/mol. The predicted molar refractivity (Wildman–Crippen MR) is 84.8 cm³/mol. The molecule has 1 aliphatic carbocycles. The van der Waals surface area contributed by atoms with Crippen LogP contribution in [0.5, 0.6) is 0 Å². The Morgan fingerprint density at radius 2 is 2.14 bits per heavy atom. The Bertz CT molecular complexity index is 668. The lowest BCUT2D eigenvalue weighted by molar-refractivity contribution is -0.0241. The Morgan fingerprint density at radius 1 is 1.38 bits per heavy atom. The van der Waals surface area contributed by atoms with Crippen molar-refractivity contribution >= 4 is 43.2 Å². The molecule has 8 heteroatoms. The van der Waals surface area contributed by atoms with Gasteiger partial charge in [0.25, 0.3) is 0 Å². The van der Waals surface area contributed by atoms with Gasteiger partial charge in [-0.2, -0.15) is 4.31 Å². The second kappa shape index (κ2) is 5.70. The zero-order valence-electron chi connectivity index (χ0n) is 11.3. The molecule has 0 radical (unpaired) electrons. The number of hydrogen-bond donors (Lipinski definition) is 1. The van der Waals surface area contributed by atoms with Crippen LogP contribution in [0.1, 0.15) is 19.3 Å². The van der Waals surface area contributed by atoms with E-state index >= 15 is 0 Å². The Morgan fingerprint density at radius 3 is 2.90 bits per heavy atom. The summed E-state index contributed by atoms with van der Waals surface area (Å²) < 4.78 is 33.5. The number of rotatable bonds is 2. The average Bonchev–Trinajstić information content (AvgIpc) is 2.90. The normalized spacial score (nSPS) is 26.8. The number of sulfonamides is 1. The van der Waals surface area contributed by atoms with E-state index in [-0.39, 0.29) is 17.0 Å². The highest BCUT2D eigenvalue weighted by molar-refractivity contribution is 9.10. The summed E-state index contributed by atoms with van der Waals surface area (Å²) in [6.45, 7) is 0.788. The number of halogens is 2. The van der Waals surface area contributed by atoms with Gasteiger partial charge in [-0.05, 0) is 47.3 Å². The first-order valence-electron chi connectivity index (χ1n) is 6.79. The van der Waals surface area contributed by atoms with Crippen molar-refractivity contribution in [1.29, 1.82) is 0 Å². The van der Waals surface area contributed by atoms with Gasteiger partial charge in [0, 0.05) is 17.3 Å². The summed E-state index contributed by atoms with van der Waals surface area (Å²) in [4.78, 5) is 0.125. The zero-order valence-corrected chi connectivity index (χ0v) is 14.4. The lowest BCUT2D eigenvalue weighted by atomic mass is 10.2. The topological polar surface area (TPSA) is 72.6 Å². The van der Waals surface area contributed by atoms with Crippen LogP contribution in [0.2, 0.25) is 5.02 Å². The van der Waals surface area contributed by atoms with E-state index in [1.807, 2.05) is 0 Å². The third-order valence-electron chi connectivity index (χ3n) is 4.05. The van der Waals surface area contributed by atoms with E-state index in [1.165, 1.54) is 12.1 Å². The maximum atomic E-state index is 13.0. The molecule has 0 aromatic heterocycles. The van der Waals surface area contributed by atoms with Crippen LogP contribution >= 0.6 is 27.5 Å². The fraction of sp³-hybridized carbons (Fsp3) is 0.538. The highest BCUT2D eigenvalue weighted by atomic mass is 79.9. The van der Waals surface area contributed by atoms with Crippen molar-refractivity contribution in [2.24, 2.45) is 0 Å². The lowest BCUT2D eigenvalue weighted by Gasteiger charge is -2.36. The molecule has 2 atom stereocenters. The van der Waals surface area contributed by atoms with Crippen molar-refractivity contribution in [2.75, 3.05) is 18.9 Å². The molecule has 2 unspecified atom stereocenters. The molecule has 1 heterocycles. The van der Waals surface area contributed by atoms with Gasteiger partial charge in [-0.15, -0.1) is 0 Å². The number of fused-ring (bicyclic) bond motifs is 1. The molecule has 1 saturated heterocycles. The molecular formula is C13H16BrClN2O3S. The fourth-order valence-electron chi connectivity index (χ4n) is 3.09. The predicted octanol–water partition coefficient (Wildman–Crippen LogP) is 2.63. The zero-order chi connectivity index (χ0) is 15.2. The van der Waals surface area contributed by atoms with Crippen LogP contribution in [-0.2, 0) is 14.8 Å². The van der Waals surface area contributed by atoms with Gasteiger partial charge in [0.1, 0.15) is 0 Å². The Kier molecular flexibility index (Phi) is 4.22. The van der Waals surface area contributed by atoms with Crippen molar-refractivity contribution in [3.8, 4) is 0 Å². The SMILES string of the molecule is Nc1cc(Cl)cc(S(=O)(=O)N2CCOC3CCCC32)c1Br. The summed E-state index contributed by atoms with van der Waals surface area (Å²) in [5.74, 6) is 0. The Labute approximate surface area is 137 Å². The van der Waals surface area contributed by atoms with Crippen molar-refractivity contribution in [1.82, 2.24) is 4.31 Å². The van der Waals surface area contributed by atoms with Crippen molar-refractivity contribution in [3.63, 3.8) is 0 Å². The molecule has 1 saturated carbocycles. The number of benzene rings is 1. The summed E-state index contributed by atoms with van der Waals surface area (Å²) >= 11 is 9.24. The van der Waals surface area contributed by atoms with Crippen molar-refractivity contribution in [2.45, 2.75) is 36.3 Å². The maximum Gasteiger partial charge on any atom is 0.244 e. The second-order valence-corrected chi connectivity index (χ2v) is 8.42. The number of ether oxygens (including phenoxy) is 1. The van der Waals surface area contributed by atoms with Crippen LogP contribution < -0.4 is 5.73 Å². The number of hydrogen-bond acceptors (Lipinski definition) is 4. The molecule has 1 aliphatic heterocycles. The molecule has 0 spiro atoms. The van der Waals surface area contributed by atoms with E-state index in [1.54, 1.807) is 4.31 Å². The van der Waals surface area contributed by atoms with Crippen LogP contribution in [-0.4, -0.2) is 38.0 Å². The Hall–Kier alpha value is -0.340. The van der Waals surface area contributed by atoms with E-state index in [0.29, 0.717) is 28.3 Å². The minimum Gasteiger partial charge on any atom is -0.398 e. The molecule has 3 rings (SSSR count). The minimum atomic E-state index is -3.65. The van der Waals surface area contributed by atoms with E-state index in [0.717, 1.165) is 19.3 Å². The van der Waals surface area contributed by atoms with Gasteiger partial charge in [0.2, 0.25) is 10.0 Å². The van der Waals surface area contributed by atoms with Gasteiger partial charge < -0.3 is 10.5 Å². The van der Waals surface area contributed by atoms with Crippen LogP contribution in [0.25, 0.3) is 0 Å². The molecule has 2 fully saturated rings. The van der Waals surface area contributed by atoms with Crippen LogP contribution in [0.15, 0.2) is 21.5 Å². The standard InChI is InChI=1S/C13H16BrClN2O3S/c14-13-9(16)6-8(15)7-12(13)21(18,19)17-4-5-20-11-3-1-2-10(11)17/h6-7,10-11H,1-5,16H2. The first kappa shape index (κ1) is 15.6. The summed E-state index contributed by atoms with van der Waals surface area (Å²) in [5, 5.41) is 0.311. The van der Waals surface area contributed by atoms with Crippen LogP contribution in [0.3, 0.4) is 0 Å². The second-order valence-electron chi connectivity index (χ2n) is 5.33. The van der Waals surface area contributed by atoms with E-state index < -0.39 is 10.0 Å². The first-order valence-corrected chi connectivity index (χ1v) is 9.40. The van der Waals surface area contributed by atoms with Gasteiger partial charge in [-0.1, -0.05) is 11.6 Å². The molecule has 0 bridgehead atoms. The fourth-order valence-corrected chi connectivity index (χ4v) is 6.01. The van der Waals surface area contributed by atoms with Gasteiger partial charge in [0.05, 0.1) is 28.1 Å². The molecule has 21 heavy (non-hydrogen) atoms. The van der Waals surface area contributed by atoms with Crippen molar-refractivity contribution in [3.05, 3.63) is 21.6 Å². The Balaban J connectivity index is 2.04. The summed E-state index contributed by atoms with van der Waals surface area (Å²) in [7, 11) is -3.65. The van der Waals surface area contributed by atoms with E-state index in [4.69, 9.17) is 22.1 Å². The number of nitrogens with zero attached hydrogens (tertiary/aromatic N) is 1. The molecule has 1 aromatic rings. The first-order chi connectivity index (χ1) is 9.91. The molecular weight excluding hydrogens is 380 g/mol. The summed E-state index contributed by atoms with van der Waals surface area (Å²) in [6.07, 6.45) is 2.73. The molecule has 116 valence electrons. The third-order valence-corrected chi connectivity index (χ3v) is 7.36. The molecule has 1 aromatic carbocycles. The van der Waals surface area contributed by atoms with Crippen LogP contribution in [0, 0.1) is 0 Å².